The SMILES string of the molecule is CCCCCCCCc1cnc(-c2ccc(-c3ccc(C(CCC)C(=O)O)cc3)cc2)nc1. The summed E-state index contributed by atoms with van der Waals surface area (Å²) in [7, 11) is 0. The highest BCUT2D eigenvalue weighted by Crippen LogP contribution is 2.27. The molecule has 33 heavy (non-hydrogen) atoms. The number of rotatable bonds is 13. The molecule has 0 saturated heterocycles. The van der Waals surface area contributed by atoms with Gasteiger partial charge in [-0.15, -0.1) is 0 Å². The van der Waals surface area contributed by atoms with E-state index in [9.17, 15) is 9.90 Å². The number of unbranched alkanes of at least 4 members (excludes halogenated alkanes) is 5. The first-order valence-corrected chi connectivity index (χ1v) is 12.4. The van der Waals surface area contributed by atoms with Gasteiger partial charge in [0.15, 0.2) is 5.82 Å². The molecule has 3 aromatic rings. The fraction of sp³-hybridized carbons (Fsp3) is 0.414. The molecule has 3 rings (SSSR count). The van der Waals surface area contributed by atoms with Crippen molar-refractivity contribution in [1.82, 2.24) is 9.97 Å². The molecule has 0 bridgehead atoms. The van der Waals surface area contributed by atoms with Crippen molar-refractivity contribution in [2.24, 2.45) is 0 Å². The van der Waals surface area contributed by atoms with Gasteiger partial charge in [-0.3, -0.25) is 4.79 Å². The molecule has 0 saturated carbocycles. The van der Waals surface area contributed by atoms with Crippen molar-refractivity contribution < 1.29 is 9.90 Å². The Morgan fingerprint density at radius 1 is 0.758 bits per heavy atom. The number of aliphatic carboxylic acids is 1. The Morgan fingerprint density at radius 3 is 1.88 bits per heavy atom. The van der Waals surface area contributed by atoms with Crippen LogP contribution in [0.4, 0.5) is 0 Å². The molecule has 1 N–H and O–H groups in total. The number of carbonyl (C=O) groups is 1. The summed E-state index contributed by atoms with van der Waals surface area (Å²) in [6.07, 6.45) is 14.2. The molecule has 1 atom stereocenters. The van der Waals surface area contributed by atoms with Gasteiger partial charge in [-0.05, 0) is 41.5 Å². The van der Waals surface area contributed by atoms with E-state index in [0.717, 1.165) is 40.9 Å². The maximum atomic E-state index is 11.5. The van der Waals surface area contributed by atoms with Gasteiger partial charge < -0.3 is 5.11 Å². The Balaban J connectivity index is 1.59. The molecular formula is C29H36N2O2. The van der Waals surface area contributed by atoms with E-state index in [0.29, 0.717) is 6.42 Å². The fourth-order valence-electron chi connectivity index (χ4n) is 4.18. The van der Waals surface area contributed by atoms with Crippen LogP contribution in [0.3, 0.4) is 0 Å². The molecule has 0 aliphatic heterocycles. The molecule has 0 amide bonds. The average molecular weight is 445 g/mol. The van der Waals surface area contributed by atoms with Crippen LogP contribution in [-0.4, -0.2) is 21.0 Å². The Labute approximate surface area is 198 Å². The van der Waals surface area contributed by atoms with Gasteiger partial charge in [0.1, 0.15) is 0 Å². The Hall–Kier alpha value is -3.01. The number of hydrogen-bond acceptors (Lipinski definition) is 3. The van der Waals surface area contributed by atoms with Gasteiger partial charge in [0.05, 0.1) is 5.92 Å². The lowest BCUT2D eigenvalue weighted by atomic mass is 9.93. The minimum absolute atomic E-state index is 0.437. The third-order valence-corrected chi connectivity index (χ3v) is 6.19. The molecule has 0 aliphatic rings. The van der Waals surface area contributed by atoms with Crippen molar-refractivity contribution in [3.05, 3.63) is 72.1 Å². The Morgan fingerprint density at radius 2 is 1.30 bits per heavy atom. The fourth-order valence-corrected chi connectivity index (χ4v) is 4.18. The molecule has 0 fully saturated rings. The summed E-state index contributed by atoms with van der Waals surface area (Å²) in [6, 6.07) is 16.1. The number of carboxylic acid groups (broad SMARTS) is 1. The zero-order valence-corrected chi connectivity index (χ0v) is 20.0. The highest BCUT2D eigenvalue weighted by molar-refractivity contribution is 5.76. The van der Waals surface area contributed by atoms with Crippen molar-refractivity contribution in [1.29, 1.82) is 0 Å². The van der Waals surface area contributed by atoms with Crippen LogP contribution >= 0.6 is 0 Å². The van der Waals surface area contributed by atoms with Crippen molar-refractivity contribution >= 4 is 5.97 Å². The third kappa shape index (κ3) is 7.24. The molecule has 1 unspecified atom stereocenters. The zero-order valence-electron chi connectivity index (χ0n) is 20.0. The Kier molecular flexibility index (Phi) is 9.61. The predicted molar refractivity (Wildman–Crippen MR) is 135 cm³/mol. The Bertz CT molecular complexity index is 980. The lowest BCUT2D eigenvalue weighted by Crippen LogP contribution is -2.11. The normalized spacial score (nSPS) is 11.9. The monoisotopic (exact) mass is 444 g/mol. The van der Waals surface area contributed by atoms with E-state index in [1.807, 2.05) is 55.7 Å². The van der Waals surface area contributed by atoms with Gasteiger partial charge in [0.2, 0.25) is 0 Å². The van der Waals surface area contributed by atoms with Crippen molar-refractivity contribution in [3.8, 4) is 22.5 Å². The minimum atomic E-state index is -0.757. The van der Waals surface area contributed by atoms with E-state index in [1.165, 1.54) is 44.1 Å². The zero-order chi connectivity index (χ0) is 23.5. The predicted octanol–water partition coefficient (Wildman–Crippen LogP) is 7.68. The summed E-state index contributed by atoms with van der Waals surface area (Å²) in [5.41, 5.74) is 5.22. The summed E-state index contributed by atoms with van der Waals surface area (Å²) in [5, 5.41) is 9.47. The summed E-state index contributed by atoms with van der Waals surface area (Å²) >= 11 is 0. The van der Waals surface area contributed by atoms with E-state index in [1.54, 1.807) is 0 Å². The molecule has 2 aromatic carbocycles. The van der Waals surface area contributed by atoms with Crippen LogP contribution in [0.25, 0.3) is 22.5 Å². The van der Waals surface area contributed by atoms with E-state index in [-0.39, 0.29) is 0 Å². The van der Waals surface area contributed by atoms with Crippen molar-refractivity contribution in [2.75, 3.05) is 0 Å². The standard InChI is InChI=1S/C29H36N2O2/c1-3-5-6-7-8-9-11-22-20-30-28(31-21-22)26-18-14-24(15-19-26)23-12-16-25(17-13-23)27(10-4-2)29(32)33/h12-21,27H,3-11H2,1-2H3,(H,32,33). The topological polar surface area (TPSA) is 63.1 Å². The van der Waals surface area contributed by atoms with Crippen LogP contribution in [0.15, 0.2) is 60.9 Å². The second-order valence-corrected chi connectivity index (χ2v) is 8.81. The summed E-state index contributed by atoms with van der Waals surface area (Å²) in [4.78, 5) is 20.7. The molecule has 0 aliphatic carbocycles. The number of carboxylic acids is 1. The van der Waals surface area contributed by atoms with E-state index in [4.69, 9.17) is 0 Å². The second kappa shape index (κ2) is 12.9. The van der Waals surface area contributed by atoms with Gasteiger partial charge in [-0.25, -0.2) is 9.97 Å². The van der Waals surface area contributed by atoms with Crippen LogP contribution in [0.5, 0.6) is 0 Å². The first kappa shape index (κ1) is 24.6. The van der Waals surface area contributed by atoms with Crippen molar-refractivity contribution in [3.63, 3.8) is 0 Å². The number of hydrogen-bond donors (Lipinski definition) is 1. The molecule has 4 heteroatoms. The van der Waals surface area contributed by atoms with Gasteiger partial charge in [-0.2, -0.15) is 0 Å². The smallest absolute Gasteiger partial charge is 0.310 e. The minimum Gasteiger partial charge on any atom is -0.481 e. The highest BCUT2D eigenvalue weighted by Gasteiger charge is 2.18. The first-order chi connectivity index (χ1) is 16.1. The van der Waals surface area contributed by atoms with E-state index >= 15 is 0 Å². The van der Waals surface area contributed by atoms with Gasteiger partial charge >= 0.3 is 5.97 Å². The van der Waals surface area contributed by atoms with Gasteiger partial charge in [0.25, 0.3) is 0 Å². The first-order valence-electron chi connectivity index (χ1n) is 12.4. The molecule has 4 nitrogen and oxygen atoms in total. The van der Waals surface area contributed by atoms with Gasteiger partial charge in [-0.1, -0.05) is 101 Å². The quantitative estimate of drug-likeness (QED) is 0.275. The average Bonchev–Trinajstić information content (AvgIpc) is 2.85. The summed E-state index contributed by atoms with van der Waals surface area (Å²) < 4.78 is 0. The van der Waals surface area contributed by atoms with Crippen LogP contribution in [-0.2, 0) is 11.2 Å². The molecule has 0 radical (unpaired) electrons. The number of aryl methyl sites for hydroxylation is 1. The molecule has 174 valence electrons. The largest absolute Gasteiger partial charge is 0.481 e. The highest BCUT2D eigenvalue weighted by atomic mass is 16.4. The summed E-state index contributed by atoms with van der Waals surface area (Å²) in [5.74, 6) is -0.452. The number of nitrogens with zero attached hydrogens (tertiary/aromatic N) is 2. The van der Waals surface area contributed by atoms with E-state index in [2.05, 4.69) is 29.0 Å². The van der Waals surface area contributed by atoms with Crippen LogP contribution in [0, 0.1) is 0 Å². The molecular weight excluding hydrogens is 408 g/mol. The van der Waals surface area contributed by atoms with Crippen molar-refractivity contribution in [2.45, 2.75) is 77.6 Å². The molecule has 1 heterocycles. The van der Waals surface area contributed by atoms with Crippen LogP contribution in [0.1, 0.15) is 82.3 Å². The maximum Gasteiger partial charge on any atom is 0.310 e. The van der Waals surface area contributed by atoms with Crippen LogP contribution < -0.4 is 0 Å². The number of aromatic nitrogens is 2. The lowest BCUT2D eigenvalue weighted by molar-refractivity contribution is -0.139. The third-order valence-electron chi connectivity index (χ3n) is 6.19. The van der Waals surface area contributed by atoms with Gasteiger partial charge in [0, 0.05) is 18.0 Å². The summed E-state index contributed by atoms with van der Waals surface area (Å²) in [6.45, 7) is 4.26. The number of benzene rings is 2. The maximum absolute atomic E-state index is 11.5. The molecule has 0 spiro atoms. The molecule has 1 aromatic heterocycles. The lowest BCUT2D eigenvalue weighted by Gasteiger charge is -2.12. The van der Waals surface area contributed by atoms with Crippen LogP contribution in [0.2, 0.25) is 0 Å². The van der Waals surface area contributed by atoms with E-state index < -0.39 is 11.9 Å². The second-order valence-electron chi connectivity index (χ2n) is 8.81.